The van der Waals surface area contributed by atoms with Crippen molar-refractivity contribution in [3.63, 3.8) is 0 Å². The van der Waals surface area contributed by atoms with Crippen LogP contribution >= 0.6 is 47.0 Å². The highest BCUT2D eigenvalue weighted by Gasteiger charge is 2.04. The number of halogens is 3. The lowest BCUT2D eigenvalue weighted by molar-refractivity contribution is 0.690. The zero-order chi connectivity index (χ0) is 18.5. The van der Waals surface area contributed by atoms with Gasteiger partial charge in [-0.15, -0.1) is 0 Å². The van der Waals surface area contributed by atoms with E-state index < -0.39 is 0 Å². The Kier molecular flexibility index (Phi) is 6.38. The van der Waals surface area contributed by atoms with Crippen LogP contribution < -0.4 is 10.6 Å². The molecule has 8 heteroatoms. The molecule has 0 unspecified atom stereocenters. The van der Waals surface area contributed by atoms with Gasteiger partial charge in [0.1, 0.15) is 0 Å². The molecule has 0 amide bonds. The van der Waals surface area contributed by atoms with E-state index in [4.69, 9.17) is 47.0 Å². The van der Waals surface area contributed by atoms with E-state index >= 15 is 0 Å². The number of thiocarbonyl (C=S) groups is 1. The lowest BCUT2D eigenvalue weighted by Gasteiger charge is -2.09. The van der Waals surface area contributed by atoms with Gasteiger partial charge < -0.3 is 10.6 Å². The predicted molar refractivity (Wildman–Crippen MR) is 112 cm³/mol. The average molecular weight is 426 g/mol. The van der Waals surface area contributed by atoms with Gasteiger partial charge >= 0.3 is 0 Å². The van der Waals surface area contributed by atoms with Crippen molar-refractivity contribution in [2.45, 2.75) is 13.1 Å². The third kappa shape index (κ3) is 5.35. The molecule has 2 aromatic carbocycles. The Morgan fingerprint density at radius 1 is 0.962 bits per heavy atom. The molecule has 0 fully saturated rings. The summed E-state index contributed by atoms with van der Waals surface area (Å²) in [4.78, 5) is 0. The Morgan fingerprint density at radius 3 is 2.42 bits per heavy atom. The van der Waals surface area contributed by atoms with Crippen LogP contribution in [0.5, 0.6) is 0 Å². The van der Waals surface area contributed by atoms with Crippen molar-refractivity contribution in [1.29, 1.82) is 0 Å². The summed E-state index contributed by atoms with van der Waals surface area (Å²) in [6.07, 6.45) is 1.87. The standard InChI is InChI=1S/C18H15Cl3N4S/c19-14-4-1-12(2-5-14)10-22-18(26)23-17-7-8-25(24-17)11-13-3-6-15(20)16(21)9-13/h1-9H,10-11H2,(H2,22,23,24,26). The molecule has 0 spiro atoms. The number of benzene rings is 2. The van der Waals surface area contributed by atoms with Crippen molar-refractivity contribution < 1.29 is 0 Å². The lowest BCUT2D eigenvalue weighted by atomic mass is 10.2. The number of nitrogens with zero attached hydrogens (tertiary/aromatic N) is 2. The maximum atomic E-state index is 6.04. The molecule has 3 aromatic rings. The van der Waals surface area contributed by atoms with Crippen molar-refractivity contribution in [2.24, 2.45) is 0 Å². The van der Waals surface area contributed by atoms with Gasteiger partial charge in [-0.1, -0.05) is 53.0 Å². The van der Waals surface area contributed by atoms with Crippen LogP contribution in [0.3, 0.4) is 0 Å². The molecule has 26 heavy (non-hydrogen) atoms. The second-order valence-electron chi connectivity index (χ2n) is 5.58. The normalized spacial score (nSPS) is 10.6. The van der Waals surface area contributed by atoms with Crippen molar-refractivity contribution >= 4 is 58.0 Å². The minimum atomic E-state index is 0.500. The van der Waals surface area contributed by atoms with Gasteiger partial charge in [0.15, 0.2) is 10.9 Å². The number of hydrogen-bond donors (Lipinski definition) is 2. The molecule has 0 aliphatic heterocycles. The third-order valence-corrected chi connectivity index (χ3v) is 4.81. The van der Waals surface area contributed by atoms with Gasteiger partial charge in [-0.25, -0.2) is 0 Å². The van der Waals surface area contributed by atoms with Crippen LogP contribution in [-0.4, -0.2) is 14.9 Å². The van der Waals surface area contributed by atoms with Crippen LogP contribution in [0, 0.1) is 0 Å². The number of anilines is 1. The molecule has 1 heterocycles. The van der Waals surface area contributed by atoms with Gasteiger partial charge in [0.25, 0.3) is 0 Å². The van der Waals surface area contributed by atoms with Crippen molar-refractivity contribution in [2.75, 3.05) is 5.32 Å². The first kappa shape index (κ1) is 19.0. The smallest absolute Gasteiger partial charge is 0.172 e. The summed E-state index contributed by atoms with van der Waals surface area (Å²) in [5, 5.41) is 12.9. The van der Waals surface area contributed by atoms with E-state index in [0.717, 1.165) is 11.1 Å². The molecule has 0 saturated carbocycles. The number of rotatable bonds is 5. The van der Waals surface area contributed by atoms with E-state index in [2.05, 4.69) is 15.7 Å². The fourth-order valence-corrected chi connectivity index (χ4v) is 2.91. The molecule has 0 bridgehead atoms. The zero-order valence-corrected chi connectivity index (χ0v) is 16.6. The molecule has 3 rings (SSSR count). The minimum absolute atomic E-state index is 0.500. The van der Waals surface area contributed by atoms with Crippen LogP contribution in [0.15, 0.2) is 54.7 Å². The Hall–Kier alpha value is -1.79. The Morgan fingerprint density at radius 2 is 1.69 bits per heavy atom. The van der Waals surface area contributed by atoms with Crippen LogP contribution in [0.4, 0.5) is 5.82 Å². The van der Waals surface area contributed by atoms with Crippen molar-refractivity contribution in [3.05, 3.63) is 80.9 Å². The molecule has 1 aromatic heterocycles. The van der Waals surface area contributed by atoms with E-state index in [9.17, 15) is 0 Å². The summed E-state index contributed by atoms with van der Waals surface area (Å²) in [5.41, 5.74) is 2.10. The van der Waals surface area contributed by atoms with Crippen LogP contribution in [0.2, 0.25) is 15.1 Å². The number of hydrogen-bond acceptors (Lipinski definition) is 2. The lowest BCUT2D eigenvalue weighted by Crippen LogP contribution is -2.28. The van der Waals surface area contributed by atoms with Crippen LogP contribution in [-0.2, 0) is 13.1 Å². The highest BCUT2D eigenvalue weighted by molar-refractivity contribution is 7.80. The monoisotopic (exact) mass is 424 g/mol. The second kappa shape index (κ2) is 8.73. The van der Waals surface area contributed by atoms with E-state index in [0.29, 0.717) is 39.1 Å². The van der Waals surface area contributed by atoms with E-state index in [-0.39, 0.29) is 0 Å². The third-order valence-electron chi connectivity index (χ3n) is 3.58. The number of nitrogens with one attached hydrogen (secondary N) is 2. The summed E-state index contributed by atoms with van der Waals surface area (Å²) in [7, 11) is 0. The highest BCUT2D eigenvalue weighted by atomic mass is 35.5. The quantitative estimate of drug-likeness (QED) is 0.539. The molecular weight excluding hydrogens is 411 g/mol. The molecule has 2 N–H and O–H groups in total. The first-order valence-electron chi connectivity index (χ1n) is 7.76. The molecule has 4 nitrogen and oxygen atoms in total. The first-order valence-corrected chi connectivity index (χ1v) is 9.30. The maximum absolute atomic E-state index is 6.04. The minimum Gasteiger partial charge on any atom is -0.358 e. The van der Waals surface area contributed by atoms with Gasteiger partial charge in [-0.2, -0.15) is 5.10 Å². The molecule has 0 radical (unpaired) electrons. The Bertz CT molecular complexity index is 909. The summed E-state index contributed by atoms with van der Waals surface area (Å²) in [6, 6.07) is 15.0. The van der Waals surface area contributed by atoms with Crippen molar-refractivity contribution in [1.82, 2.24) is 15.1 Å². The fourth-order valence-electron chi connectivity index (χ4n) is 2.29. The molecule has 0 aliphatic rings. The first-order chi connectivity index (χ1) is 12.5. The summed E-state index contributed by atoms with van der Waals surface area (Å²) in [6.45, 7) is 1.19. The Balaban J connectivity index is 1.53. The van der Waals surface area contributed by atoms with Crippen LogP contribution in [0.25, 0.3) is 0 Å². The molecule has 134 valence electrons. The molecule has 0 saturated heterocycles. The fraction of sp³-hybridized carbons (Fsp3) is 0.111. The predicted octanol–water partition coefficient (Wildman–Crippen LogP) is 5.38. The molecular formula is C18H15Cl3N4S. The maximum Gasteiger partial charge on any atom is 0.172 e. The van der Waals surface area contributed by atoms with Gasteiger partial charge in [0.2, 0.25) is 0 Å². The number of aromatic nitrogens is 2. The van der Waals surface area contributed by atoms with E-state index in [1.807, 2.05) is 48.7 Å². The van der Waals surface area contributed by atoms with Gasteiger partial charge in [-0.05, 0) is 47.6 Å². The summed E-state index contributed by atoms with van der Waals surface area (Å²) in [5.74, 6) is 0.665. The molecule has 0 atom stereocenters. The largest absolute Gasteiger partial charge is 0.358 e. The van der Waals surface area contributed by atoms with E-state index in [1.165, 1.54) is 0 Å². The van der Waals surface area contributed by atoms with Crippen molar-refractivity contribution in [3.8, 4) is 0 Å². The molecule has 0 aliphatic carbocycles. The summed E-state index contributed by atoms with van der Waals surface area (Å²) >= 11 is 23.2. The summed E-state index contributed by atoms with van der Waals surface area (Å²) < 4.78 is 1.80. The van der Waals surface area contributed by atoms with Gasteiger partial charge in [0.05, 0.1) is 16.6 Å². The SMILES string of the molecule is S=C(NCc1ccc(Cl)cc1)Nc1ccn(Cc2ccc(Cl)c(Cl)c2)n1. The zero-order valence-electron chi connectivity index (χ0n) is 13.5. The Labute approximate surface area is 172 Å². The highest BCUT2D eigenvalue weighted by Crippen LogP contribution is 2.23. The topological polar surface area (TPSA) is 41.9 Å². The van der Waals surface area contributed by atoms with Gasteiger partial charge in [0, 0.05) is 23.8 Å². The van der Waals surface area contributed by atoms with Crippen LogP contribution in [0.1, 0.15) is 11.1 Å². The average Bonchev–Trinajstić information content (AvgIpc) is 3.04. The second-order valence-corrected chi connectivity index (χ2v) is 7.24. The van der Waals surface area contributed by atoms with E-state index in [1.54, 1.807) is 10.7 Å². The van der Waals surface area contributed by atoms with Gasteiger partial charge in [-0.3, -0.25) is 4.68 Å².